The molecule has 2 atom stereocenters. The Morgan fingerprint density at radius 1 is 1.06 bits per heavy atom. The zero-order valence-corrected chi connectivity index (χ0v) is 18.0. The molecule has 1 aliphatic carbocycles. The SMILES string of the molecule is O=C(N[C@@H]1CCCC[C@H]1O)c1cnc(NCc2ccccc2)c(-c2ccc(Cl)cc2)c1. The van der Waals surface area contributed by atoms with Gasteiger partial charge in [0.2, 0.25) is 0 Å². The second-order valence-corrected chi connectivity index (χ2v) is 8.33. The lowest BCUT2D eigenvalue weighted by atomic mass is 9.92. The van der Waals surface area contributed by atoms with Gasteiger partial charge in [-0.1, -0.05) is 66.9 Å². The first-order valence-corrected chi connectivity index (χ1v) is 11.0. The number of amides is 1. The van der Waals surface area contributed by atoms with Crippen molar-refractivity contribution >= 4 is 23.3 Å². The van der Waals surface area contributed by atoms with Crippen molar-refractivity contribution in [2.45, 2.75) is 44.4 Å². The molecule has 0 saturated heterocycles. The van der Waals surface area contributed by atoms with Crippen LogP contribution in [0.3, 0.4) is 0 Å². The lowest BCUT2D eigenvalue weighted by Gasteiger charge is -2.28. The average Bonchev–Trinajstić information content (AvgIpc) is 2.80. The van der Waals surface area contributed by atoms with Crippen LogP contribution in [0.5, 0.6) is 0 Å². The number of aromatic nitrogens is 1. The van der Waals surface area contributed by atoms with E-state index in [2.05, 4.69) is 15.6 Å². The molecule has 160 valence electrons. The topological polar surface area (TPSA) is 74.2 Å². The molecule has 0 bridgehead atoms. The third-order valence-electron chi connectivity index (χ3n) is 5.65. The number of halogens is 1. The summed E-state index contributed by atoms with van der Waals surface area (Å²) < 4.78 is 0. The lowest BCUT2D eigenvalue weighted by Crippen LogP contribution is -2.45. The maximum Gasteiger partial charge on any atom is 0.253 e. The third-order valence-corrected chi connectivity index (χ3v) is 5.91. The smallest absolute Gasteiger partial charge is 0.253 e. The maximum absolute atomic E-state index is 12.9. The number of hydrogen-bond acceptors (Lipinski definition) is 4. The van der Waals surface area contributed by atoms with Gasteiger partial charge in [-0.05, 0) is 42.2 Å². The first-order valence-electron chi connectivity index (χ1n) is 10.6. The van der Waals surface area contributed by atoms with Crippen LogP contribution in [0.15, 0.2) is 66.9 Å². The van der Waals surface area contributed by atoms with E-state index in [1.54, 1.807) is 6.20 Å². The van der Waals surface area contributed by atoms with Crippen LogP contribution in [0.25, 0.3) is 11.1 Å². The number of aliphatic hydroxyl groups excluding tert-OH is 1. The van der Waals surface area contributed by atoms with Gasteiger partial charge in [0.15, 0.2) is 0 Å². The zero-order chi connectivity index (χ0) is 21.6. The Morgan fingerprint density at radius 2 is 1.81 bits per heavy atom. The van der Waals surface area contributed by atoms with Gasteiger partial charge in [0, 0.05) is 23.3 Å². The van der Waals surface area contributed by atoms with Gasteiger partial charge >= 0.3 is 0 Å². The molecule has 0 aliphatic heterocycles. The fourth-order valence-electron chi connectivity index (χ4n) is 3.89. The molecule has 0 radical (unpaired) electrons. The van der Waals surface area contributed by atoms with Crippen LogP contribution in [0.4, 0.5) is 5.82 Å². The summed E-state index contributed by atoms with van der Waals surface area (Å²) in [6.45, 7) is 0.619. The predicted molar refractivity (Wildman–Crippen MR) is 124 cm³/mol. The third kappa shape index (κ3) is 5.43. The summed E-state index contributed by atoms with van der Waals surface area (Å²) in [4.78, 5) is 17.4. The maximum atomic E-state index is 12.9. The number of hydrogen-bond donors (Lipinski definition) is 3. The molecule has 6 heteroatoms. The van der Waals surface area contributed by atoms with Crippen LogP contribution in [-0.2, 0) is 6.54 Å². The number of rotatable bonds is 6. The Hall–Kier alpha value is -2.89. The Kier molecular flexibility index (Phi) is 6.85. The van der Waals surface area contributed by atoms with Crippen LogP contribution < -0.4 is 10.6 Å². The molecule has 1 fully saturated rings. The summed E-state index contributed by atoms with van der Waals surface area (Å²) in [5.74, 6) is 0.476. The molecule has 1 aromatic heterocycles. The van der Waals surface area contributed by atoms with Gasteiger partial charge in [-0.3, -0.25) is 4.79 Å². The molecular formula is C25H26ClN3O2. The fraction of sp³-hybridized carbons (Fsp3) is 0.280. The van der Waals surface area contributed by atoms with Gasteiger partial charge in [-0.2, -0.15) is 0 Å². The van der Waals surface area contributed by atoms with Gasteiger partial charge in [0.25, 0.3) is 5.91 Å². The van der Waals surface area contributed by atoms with Gasteiger partial charge < -0.3 is 15.7 Å². The van der Waals surface area contributed by atoms with Gasteiger partial charge in [-0.15, -0.1) is 0 Å². The number of aliphatic hydroxyl groups is 1. The van der Waals surface area contributed by atoms with E-state index in [1.165, 1.54) is 0 Å². The van der Waals surface area contributed by atoms with E-state index < -0.39 is 6.10 Å². The predicted octanol–water partition coefficient (Wildman–Crippen LogP) is 5.05. The minimum absolute atomic E-state index is 0.212. The van der Waals surface area contributed by atoms with Crippen molar-refractivity contribution in [2.24, 2.45) is 0 Å². The fourth-order valence-corrected chi connectivity index (χ4v) is 4.02. The van der Waals surface area contributed by atoms with Crippen LogP contribution in [-0.4, -0.2) is 28.1 Å². The highest BCUT2D eigenvalue weighted by Crippen LogP contribution is 2.29. The number of nitrogens with zero attached hydrogens (tertiary/aromatic N) is 1. The van der Waals surface area contributed by atoms with E-state index in [-0.39, 0.29) is 11.9 Å². The van der Waals surface area contributed by atoms with Crippen LogP contribution in [0.2, 0.25) is 5.02 Å². The number of pyridine rings is 1. The molecule has 3 aromatic rings. The zero-order valence-electron chi connectivity index (χ0n) is 17.2. The second kappa shape index (κ2) is 9.94. The van der Waals surface area contributed by atoms with E-state index in [4.69, 9.17) is 11.6 Å². The molecule has 1 saturated carbocycles. The van der Waals surface area contributed by atoms with Crippen molar-refractivity contribution in [2.75, 3.05) is 5.32 Å². The highest BCUT2D eigenvalue weighted by Gasteiger charge is 2.25. The van der Waals surface area contributed by atoms with Crippen LogP contribution in [0.1, 0.15) is 41.6 Å². The molecule has 0 spiro atoms. The van der Waals surface area contributed by atoms with Gasteiger partial charge in [0.1, 0.15) is 5.82 Å². The first-order chi connectivity index (χ1) is 15.1. The Bertz CT molecular complexity index is 1020. The molecule has 0 unspecified atom stereocenters. The molecule has 31 heavy (non-hydrogen) atoms. The summed E-state index contributed by atoms with van der Waals surface area (Å²) in [5.41, 5.74) is 3.34. The first kappa shape index (κ1) is 21.3. The van der Waals surface area contributed by atoms with E-state index in [9.17, 15) is 9.90 Å². The molecule has 1 amide bonds. The molecule has 2 aromatic carbocycles. The lowest BCUT2D eigenvalue weighted by molar-refractivity contribution is 0.0717. The Labute approximate surface area is 187 Å². The number of carbonyl (C=O) groups is 1. The molecular weight excluding hydrogens is 410 g/mol. The standard InChI is InChI=1S/C25H26ClN3O2/c26-20-12-10-18(11-13-20)21-14-19(25(31)29-22-8-4-5-9-23(22)30)16-28-24(21)27-15-17-6-2-1-3-7-17/h1-3,6-7,10-14,16,22-23,30H,4-5,8-9,15H2,(H,27,28)(H,29,31)/t22-,23-/m1/s1. The number of benzene rings is 2. The number of carbonyl (C=O) groups excluding carboxylic acids is 1. The van der Waals surface area contributed by atoms with Crippen molar-refractivity contribution in [1.29, 1.82) is 0 Å². The van der Waals surface area contributed by atoms with Crippen molar-refractivity contribution < 1.29 is 9.90 Å². The minimum Gasteiger partial charge on any atom is -0.391 e. The van der Waals surface area contributed by atoms with Crippen molar-refractivity contribution in [3.8, 4) is 11.1 Å². The van der Waals surface area contributed by atoms with Crippen LogP contribution >= 0.6 is 11.6 Å². The molecule has 3 N–H and O–H groups in total. The summed E-state index contributed by atoms with van der Waals surface area (Å²) in [7, 11) is 0. The van der Waals surface area contributed by atoms with E-state index in [0.29, 0.717) is 22.9 Å². The Morgan fingerprint density at radius 3 is 2.55 bits per heavy atom. The average molecular weight is 436 g/mol. The van der Waals surface area contributed by atoms with E-state index in [0.717, 1.165) is 42.4 Å². The normalized spacial score (nSPS) is 18.4. The van der Waals surface area contributed by atoms with E-state index >= 15 is 0 Å². The van der Waals surface area contributed by atoms with Crippen molar-refractivity contribution in [1.82, 2.24) is 10.3 Å². The monoisotopic (exact) mass is 435 g/mol. The molecule has 1 heterocycles. The largest absolute Gasteiger partial charge is 0.391 e. The summed E-state index contributed by atoms with van der Waals surface area (Å²) in [5, 5.41) is 17.2. The summed E-state index contributed by atoms with van der Waals surface area (Å²) in [6, 6.07) is 19.2. The van der Waals surface area contributed by atoms with Crippen molar-refractivity contribution in [3.05, 3.63) is 83.0 Å². The van der Waals surface area contributed by atoms with Gasteiger partial charge in [-0.25, -0.2) is 4.98 Å². The van der Waals surface area contributed by atoms with Gasteiger partial charge in [0.05, 0.1) is 17.7 Å². The number of nitrogens with one attached hydrogen (secondary N) is 2. The highest BCUT2D eigenvalue weighted by atomic mass is 35.5. The van der Waals surface area contributed by atoms with Crippen LogP contribution in [0, 0.1) is 0 Å². The quantitative estimate of drug-likeness (QED) is 0.506. The Balaban J connectivity index is 1.59. The van der Waals surface area contributed by atoms with E-state index in [1.807, 2.05) is 60.7 Å². The molecule has 5 nitrogen and oxygen atoms in total. The second-order valence-electron chi connectivity index (χ2n) is 7.90. The summed E-state index contributed by atoms with van der Waals surface area (Å²) >= 11 is 6.06. The summed E-state index contributed by atoms with van der Waals surface area (Å²) in [6.07, 6.45) is 4.61. The number of anilines is 1. The van der Waals surface area contributed by atoms with Crippen molar-refractivity contribution in [3.63, 3.8) is 0 Å². The highest BCUT2D eigenvalue weighted by molar-refractivity contribution is 6.30. The molecule has 1 aliphatic rings. The minimum atomic E-state index is -0.492. The molecule has 4 rings (SSSR count).